The molecule has 1 rings (SSSR count). The zero-order valence-electron chi connectivity index (χ0n) is 9.33. The second kappa shape index (κ2) is 6.15. The van der Waals surface area contributed by atoms with E-state index in [0.717, 1.165) is 0 Å². The van der Waals surface area contributed by atoms with Crippen LogP contribution in [0, 0.1) is 5.82 Å². The lowest BCUT2D eigenvalue weighted by molar-refractivity contribution is -0.140. The summed E-state index contributed by atoms with van der Waals surface area (Å²) in [5.41, 5.74) is 6.33. The van der Waals surface area contributed by atoms with Gasteiger partial charge < -0.3 is 15.8 Å². The molecule has 0 spiro atoms. The second-order valence-corrected chi connectivity index (χ2v) is 3.65. The van der Waals surface area contributed by atoms with E-state index in [4.69, 9.17) is 22.7 Å². The Bertz CT molecular complexity index is 437. The molecule has 92 valence electrons. The van der Waals surface area contributed by atoms with E-state index in [1.165, 1.54) is 18.2 Å². The van der Waals surface area contributed by atoms with Crippen molar-refractivity contribution in [2.45, 2.75) is 6.92 Å². The second-order valence-electron chi connectivity index (χ2n) is 3.21. The summed E-state index contributed by atoms with van der Waals surface area (Å²) in [6.45, 7) is 2.01. The van der Waals surface area contributed by atoms with Crippen molar-refractivity contribution < 1.29 is 13.9 Å². The van der Waals surface area contributed by atoms with E-state index in [0.29, 0.717) is 17.9 Å². The molecular weight excluding hydrogens is 243 g/mol. The summed E-state index contributed by atoms with van der Waals surface area (Å²) in [6, 6.07) is 3.95. The monoisotopic (exact) mass is 256 g/mol. The van der Waals surface area contributed by atoms with Crippen LogP contribution in [0.2, 0.25) is 0 Å². The standard InChI is InChI=1S/C11H13FN2O2S/c1-2-16-10(15)6-14-9-4-3-7(12)5-8(9)11(13)17/h3-5,14H,2,6H2,1H3,(H2,13,17). The molecule has 0 bridgehead atoms. The zero-order valence-corrected chi connectivity index (χ0v) is 10.1. The van der Waals surface area contributed by atoms with Crippen LogP contribution < -0.4 is 11.1 Å². The maximum absolute atomic E-state index is 13.0. The van der Waals surface area contributed by atoms with Gasteiger partial charge in [0.1, 0.15) is 17.4 Å². The van der Waals surface area contributed by atoms with Crippen LogP contribution >= 0.6 is 12.2 Å². The lowest BCUT2D eigenvalue weighted by Crippen LogP contribution is -2.19. The minimum absolute atomic E-state index is 0.0188. The molecule has 0 fully saturated rings. The molecule has 0 aromatic heterocycles. The highest BCUT2D eigenvalue weighted by Gasteiger charge is 2.08. The quantitative estimate of drug-likeness (QED) is 0.616. The fourth-order valence-corrected chi connectivity index (χ4v) is 1.42. The molecule has 0 saturated heterocycles. The number of nitrogens with one attached hydrogen (secondary N) is 1. The van der Waals surface area contributed by atoms with Crippen molar-refractivity contribution in [3.63, 3.8) is 0 Å². The highest BCUT2D eigenvalue weighted by Crippen LogP contribution is 2.16. The molecule has 0 aliphatic carbocycles. The third kappa shape index (κ3) is 3.99. The third-order valence-corrected chi connectivity index (χ3v) is 2.20. The fraction of sp³-hybridized carbons (Fsp3) is 0.273. The van der Waals surface area contributed by atoms with Gasteiger partial charge in [0.15, 0.2) is 0 Å². The molecule has 0 aliphatic rings. The molecule has 3 N–H and O–H groups in total. The van der Waals surface area contributed by atoms with Crippen molar-refractivity contribution in [3.05, 3.63) is 29.6 Å². The SMILES string of the molecule is CCOC(=O)CNc1ccc(F)cc1C(N)=S. The minimum Gasteiger partial charge on any atom is -0.465 e. The number of nitrogens with two attached hydrogens (primary N) is 1. The van der Waals surface area contributed by atoms with Crippen molar-refractivity contribution in [3.8, 4) is 0 Å². The Kier molecular flexibility index (Phi) is 4.84. The van der Waals surface area contributed by atoms with Crippen LogP contribution in [0.15, 0.2) is 18.2 Å². The molecule has 1 aromatic carbocycles. The molecule has 1 aromatic rings. The number of hydrogen-bond acceptors (Lipinski definition) is 4. The van der Waals surface area contributed by atoms with Crippen LogP contribution in [-0.4, -0.2) is 24.1 Å². The van der Waals surface area contributed by atoms with Gasteiger partial charge in [0.2, 0.25) is 0 Å². The van der Waals surface area contributed by atoms with Crippen LogP contribution in [0.5, 0.6) is 0 Å². The lowest BCUT2D eigenvalue weighted by Gasteiger charge is -2.10. The molecule has 0 amide bonds. The Labute approximate surface area is 104 Å². The van der Waals surface area contributed by atoms with E-state index < -0.39 is 11.8 Å². The first-order chi connectivity index (χ1) is 8.04. The topological polar surface area (TPSA) is 64.3 Å². The number of hydrogen-bond donors (Lipinski definition) is 2. The number of ether oxygens (including phenoxy) is 1. The number of rotatable bonds is 5. The largest absolute Gasteiger partial charge is 0.465 e. The van der Waals surface area contributed by atoms with Gasteiger partial charge >= 0.3 is 5.97 Å². The number of halogens is 1. The predicted octanol–water partition coefficient (Wildman–Crippen LogP) is 1.43. The highest BCUT2D eigenvalue weighted by molar-refractivity contribution is 7.80. The number of carbonyl (C=O) groups is 1. The zero-order chi connectivity index (χ0) is 12.8. The molecule has 0 atom stereocenters. The van der Waals surface area contributed by atoms with Crippen LogP contribution in [0.3, 0.4) is 0 Å². The van der Waals surface area contributed by atoms with Crippen molar-refractivity contribution in [2.24, 2.45) is 5.73 Å². The van der Waals surface area contributed by atoms with Crippen molar-refractivity contribution >= 4 is 28.9 Å². The summed E-state index contributed by atoms with van der Waals surface area (Å²) in [5.74, 6) is -0.833. The molecular formula is C11H13FN2O2S. The molecule has 0 radical (unpaired) electrons. The summed E-state index contributed by atoms with van der Waals surface area (Å²) >= 11 is 4.80. The third-order valence-electron chi connectivity index (χ3n) is 1.98. The molecule has 0 saturated carbocycles. The van der Waals surface area contributed by atoms with Gasteiger partial charge in [0.25, 0.3) is 0 Å². The maximum Gasteiger partial charge on any atom is 0.325 e. The van der Waals surface area contributed by atoms with E-state index >= 15 is 0 Å². The normalized spacial score (nSPS) is 9.76. The Morgan fingerprint density at radius 1 is 1.59 bits per heavy atom. The Morgan fingerprint density at radius 3 is 2.88 bits per heavy atom. The molecule has 0 heterocycles. The lowest BCUT2D eigenvalue weighted by atomic mass is 10.1. The van der Waals surface area contributed by atoms with Crippen LogP contribution in [0.4, 0.5) is 10.1 Å². The van der Waals surface area contributed by atoms with Crippen LogP contribution in [0.25, 0.3) is 0 Å². The van der Waals surface area contributed by atoms with E-state index in [9.17, 15) is 9.18 Å². The molecule has 4 nitrogen and oxygen atoms in total. The minimum atomic E-state index is -0.436. The Morgan fingerprint density at radius 2 is 2.29 bits per heavy atom. The highest BCUT2D eigenvalue weighted by atomic mass is 32.1. The number of carbonyl (C=O) groups excluding carboxylic acids is 1. The molecule has 0 aliphatic heterocycles. The van der Waals surface area contributed by atoms with Gasteiger partial charge in [-0.25, -0.2) is 4.39 Å². The van der Waals surface area contributed by atoms with Crippen molar-refractivity contribution in [1.29, 1.82) is 0 Å². The average Bonchev–Trinajstić information content (AvgIpc) is 2.27. The Balaban J connectivity index is 2.77. The van der Waals surface area contributed by atoms with E-state index in [2.05, 4.69) is 5.32 Å². The van der Waals surface area contributed by atoms with Gasteiger partial charge in [-0.1, -0.05) is 12.2 Å². The first-order valence-corrected chi connectivity index (χ1v) is 5.44. The number of anilines is 1. The summed E-state index contributed by atoms with van der Waals surface area (Å²) in [5, 5.41) is 2.80. The van der Waals surface area contributed by atoms with Crippen LogP contribution in [-0.2, 0) is 9.53 Å². The fourth-order valence-electron chi connectivity index (χ4n) is 1.25. The molecule has 17 heavy (non-hydrogen) atoms. The number of esters is 1. The molecule has 0 unspecified atom stereocenters. The first kappa shape index (κ1) is 13.4. The van der Waals surface area contributed by atoms with E-state index in [-0.39, 0.29) is 11.5 Å². The average molecular weight is 256 g/mol. The molecule has 6 heteroatoms. The van der Waals surface area contributed by atoms with Gasteiger partial charge in [-0.15, -0.1) is 0 Å². The maximum atomic E-state index is 13.0. The van der Waals surface area contributed by atoms with E-state index in [1.54, 1.807) is 6.92 Å². The van der Waals surface area contributed by atoms with E-state index in [1.807, 2.05) is 0 Å². The van der Waals surface area contributed by atoms with Crippen molar-refractivity contribution in [1.82, 2.24) is 0 Å². The van der Waals surface area contributed by atoms with Gasteiger partial charge in [-0.2, -0.15) is 0 Å². The summed E-state index contributed by atoms with van der Waals surface area (Å²) in [6.07, 6.45) is 0. The smallest absolute Gasteiger partial charge is 0.325 e. The first-order valence-electron chi connectivity index (χ1n) is 5.03. The Hall–Kier alpha value is -1.69. The summed E-state index contributed by atoms with van der Waals surface area (Å²) < 4.78 is 17.7. The predicted molar refractivity (Wildman–Crippen MR) is 67.4 cm³/mol. The van der Waals surface area contributed by atoms with Crippen LogP contribution in [0.1, 0.15) is 12.5 Å². The number of benzene rings is 1. The summed E-state index contributed by atoms with van der Waals surface area (Å²) in [7, 11) is 0. The summed E-state index contributed by atoms with van der Waals surface area (Å²) in [4.78, 5) is 11.2. The van der Waals surface area contributed by atoms with Gasteiger partial charge in [0.05, 0.1) is 6.61 Å². The van der Waals surface area contributed by atoms with Gasteiger partial charge in [-0.05, 0) is 25.1 Å². The number of thiocarbonyl (C=S) groups is 1. The van der Waals surface area contributed by atoms with Gasteiger partial charge in [0, 0.05) is 11.3 Å². The van der Waals surface area contributed by atoms with Crippen molar-refractivity contribution in [2.75, 3.05) is 18.5 Å². The van der Waals surface area contributed by atoms with Gasteiger partial charge in [-0.3, -0.25) is 4.79 Å².